The molecular formula is C11H12Cl3NO3S. The molecule has 1 fully saturated rings. The lowest BCUT2D eigenvalue weighted by Gasteiger charge is -2.23. The van der Waals surface area contributed by atoms with Crippen LogP contribution in [0.15, 0.2) is 17.0 Å². The van der Waals surface area contributed by atoms with Crippen molar-refractivity contribution in [2.24, 2.45) is 0 Å². The second kappa shape index (κ2) is 5.76. The fourth-order valence-corrected chi connectivity index (χ4v) is 5.38. The molecular weight excluding hydrogens is 333 g/mol. The molecule has 0 aromatic heterocycles. The van der Waals surface area contributed by atoms with Gasteiger partial charge in [0.05, 0.1) is 16.7 Å². The summed E-state index contributed by atoms with van der Waals surface area (Å²) in [4.78, 5) is -0.152. The van der Waals surface area contributed by atoms with Crippen molar-refractivity contribution < 1.29 is 13.5 Å². The van der Waals surface area contributed by atoms with Crippen molar-refractivity contribution in [3.63, 3.8) is 0 Å². The molecule has 1 heterocycles. The monoisotopic (exact) mass is 343 g/mol. The quantitative estimate of drug-likeness (QED) is 0.917. The van der Waals surface area contributed by atoms with E-state index in [4.69, 9.17) is 34.8 Å². The Kier molecular flexibility index (Phi) is 4.65. The number of aliphatic hydroxyl groups excluding tert-OH is 1. The molecule has 0 saturated carbocycles. The molecule has 1 saturated heterocycles. The Morgan fingerprint density at radius 3 is 2.37 bits per heavy atom. The molecule has 1 unspecified atom stereocenters. The van der Waals surface area contributed by atoms with Crippen molar-refractivity contribution in [2.75, 3.05) is 13.2 Å². The van der Waals surface area contributed by atoms with Crippen LogP contribution in [0.5, 0.6) is 0 Å². The van der Waals surface area contributed by atoms with Gasteiger partial charge in [0.1, 0.15) is 4.90 Å². The lowest BCUT2D eigenvalue weighted by Crippen LogP contribution is -2.37. The highest BCUT2D eigenvalue weighted by Gasteiger charge is 2.37. The second-order valence-electron chi connectivity index (χ2n) is 4.29. The van der Waals surface area contributed by atoms with E-state index < -0.39 is 16.1 Å². The summed E-state index contributed by atoms with van der Waals surface area (Å²) in [6.45, 7) is 0.130. The van der Waals surface area contributed by atoms with Gasteiger partial charge in [0, 0.05) is 17.6 Å². The summed E-state index contributed by atoms with van der Waals surface area (Å²) < 4.78 is 26.4. The summed E-state index contributed by atoms with van der Waals surface area (Å²) >= 11 is 17.7. The van der Waals surface area contributed by atoms with E-state index in [2.05, 4.69) is 0 Å². The number of benzene rings is 1. The Labute approximate surface area is 126 Å². The summed E-state index contributed by atoms with van der Waals surface area (Å²) in [6.07, 6.45) is 1.33. The van der Waals surface area contributed by atoms with E-state index in [1.54, 1.807) is 0 Å². The molecule has 0 radical (unpaired) electrons. The number of rotatable bonds is 3. The maximum atomic E-state index is 12.6. The maximum absolute atomic E-state index is 12.6. The topological polar surface area (TPSA) is 57.6 Å². The molecule has 1 N–H and O–H groups in total. The van der Waals surface area contributed by atoms with Crippen LogP contribution in [0, 0.1) is 0 Å². The third-order valence-electron chi connectivity index (χ3n) is 3.06. The van der Waals surface area contributed by atoms with E-state index >= 15 is 0 Å². The van der Waals surface area contributed by atoms with E-state index in [1.165, 1.54) is 16.4 Å². The normalized spacial score (nSPS) is 20.9. The zero-order chi connectivity index (χ0) is 14.2. The smallest absolute Gasteiger partial charge is 0.246 e. The standard InChI is InChI=1S/C11H12Cl3NO3S/c12-7-4-9(13)11(10(14)5-7)19(17,18)15-3-1-2-8(15)6-16/h4-5,8,16H,1-3,6H2. The van der Waals surface area contributed by atoms with Crippen molar-refractivity contribution in [1.29, 1.82) is 0 Å². The van der Waals surface area contributed by atoms with Crippen molar-refractivity contribution >= 4 is 44.8 Å². The number of hydrogen-bond donors (Lipinski definition) is 1. The molecule has 106 valence electrons. The fraction of sp³-hybridized carbons (Fsp3) is 0.455. The minimum Gasteiger partial charge on any atom is -0.395 e. The Hall–Kier alpha value is -0.0400. The van der Waals surface area contributed by atoms with Crippen LogP contribution in [-0.2, 0) is 10.0 Å². The molecule has 0 bridgehead atoms. The van der Waals surface area contributed by atoms with E-state index in [0.717, 1.165) is 0 Å². The SMILES string of the molecule is O=S(=O)(c1c(Cl)cc(Cl)cc1Cl)N1CCCC1CO. The molecule has 1 aliphatic rings. The van der Waals surface area contributed by atoms with Crippen molar-refractivity contribution in [1.82, 2.24) is 4.31 Å². The Morgan fingerprint density at radius 1 is 1.26 bits per heavy atom. The van der Waals surface area contributed by atoms with Crippen LogP contribution in [-0.4, -0.2) is 37.0 Å². The summed E-state index contributed by atoms with van der Waals surface area (Å²) in [7, 11) is -3.83. The first-order valence-electron chi connectivity index (χ1n) is 5.65. The Balaban J connectivity index is 2.51. The first kappa shape index (κ1) is 15.4. The van der Waals surface area contributed by atoms with Crippen molar-refractivity contribution in [3.8, 4) is 0 Å². The number of nitrogens with zero attached hydrogens (tertiary/aromatic N) is 1. The zero-order valence-electron chi connectivity index (χ0n) is 9.81. The predicted octanol–water partition coefficient (Wildman–Crippen LogP) is 2.79. The van der Waals surface area contributed by atoms with Crippen LogP contribution in [0.1, 0.15) is 12.8 Å². The molecule has 8 heteroatoms. The average molecular weight is 345 g/mol. The summed E-state index contributed by atoms with van der Waals surface area (Å²) in [5.41, 5.74) is 0. The zero-order valence-corrected chi connectivity index (χ0v) is 12.9. The van der Waals surface area contributed by atoms with Crippen LogP contribution in [0.25, 0.3) is 0 Å². The van der Waals surface area contributed by atoms with Gasteiger partial charge in [-0.05, 0) is 25.0 Å². The number of aliphatic hydroxyl groups is 1. The van der Waals surface area contributed by atoms with Gasteiger partial charge in [-0.15, -0.1) is 0 Å². The molecule has 0 spiro atoms. The van der Waals surface area contributed by atoms with Gasteiger partial charge in [-0.1, -0.05) is 34.8 Å². The van der Waals surface area contributed by atoms with Gasteiger partial charge in [0.2, 0.25) is 10.0 Å². The minimum atomic E-state index is -3.83. The molecule has 2 rings (SSSR count). The fourth-order valence-electron chi connectivity index (χ4n) is 2.20. The second-order valence-corrected chi connectivity index (χ2v) is 7.37. The Bertz CT molecular complexity index is 568. The van der Waals surface area contributed by atoms with Gasteiger partial charge in [-0.3, -0.25) is 0 Å². The highest BCUT2D eigenvalue weighted by molar-refractivity contribution is 7.89. The van der Waals surface area contributed by atoms with E-state index in [9.17, 15) is 13.5 Å². The Morgan fingerprint density at radius 2 is 1.84 bits per heavy atom. The van der Waals surface area contributed by atoms with E-state index in [0.29, 0.717) is 19.4 Å². The average Bonchev–Trinajstić information content (AvgIpc) is 2.75. The van der Waals surface area contributed by atoms with Crippen LogP contribution >= 0.6 is 34.8 Å². The molecule has 0 amide bonds. The summed E-state index contributed by atoms with van der Waals surface area (Å²) in [5, 5.41) is 9.48. The van der Waals surface area contributed by atoms with Crippen LogP contribution in [0.4, 0.5) is 0 Å². The molecule has 1 aromatic rings. The molecule has 1 aliphatic heterocycles. The third kappa shape index (κ3) is 2.86. The summed E-state index contributed by atoms with van der Waals surface area (Å²) in [5.74, 6) is 0. The molecule has 19 heavy (non-hydrogen) atoms. The molecule has 1 atom stereocenters. The lowest BCUT2D eigenvalue weighted by atomic mass is 10.2. The van der Waals surface area contributed by atoms with Gasteiger partial charge in [-0.2, -0.15) is 4.31 Å². The predicted molar refractivity (Wildman–Crippen MR) is 75.5 cm³/mol. The molecule has 0 aliphatic carbocycles. The van der Waals surface area contributed by atoms with Crippen LogP contribution in [0.3, 0.4) is 0 Å². The molecule has 4 nitrogen and oxygen atoms in total. The van der Waals surface area contributed by atoms with Gasteiger partial charge < -0.3 is 5.11 Å². The largest absolute Gasteiger partial charge is 0.395 e. The van der Waals surface area contributed by atoms with Gasteiger partial charge in [0.15, 0.2) is 0 Å². The molecule has 1 aromatic carbocycles. The first-order chi connectivity index (χ1) is 8.87. The van der Waals surface area contributed by atoms with E-state index in [1.807, 2.05) is 0 Å². The van der Waals surface area contributed by atoms with Crippen molar-refractivity contribution in [2.45, 2.75) is 23.8 Å². The summed E-state index contributed by atoms with van der Waals surface area (Å²) in [6, 6.07) is 2.26. The van der Waals surface area contributed by atoms with E-state index in [-0.39, 0.29) is 26.6 Å². The maximum Gasteiger partial charge on any atom is 0.246 e. The first-order valence-corrected chi connectivity index (χ1v) is 8.22. The number of hydrogen-bond acceptors (Lipinski definition) is 3. The number of halogens is 3. The number of sulfonamides is 1. The lowest BCUT2D eigenvalue weighted by molar-refractivity contribution is 0.213. The highest BCUT2D eigenvalue weighted by Crippen LogP contribution is 2.36. The van der Waals surface area contributed by atoms with Gasteiger partial charge in [0.25, 0.3) is 0 Å². The highest BCUT2D eigenvalue weighted by atomic mass is 35.5. The minimum absolute atomic E-state index is 0.0129. The van der Waals surface area contributed by atoms with Crippen LogP contribution < -0.4 is 0 Å². The van der Waals surface area contributed by atoms with Crippen molar-refractivity contribution in [3.05, 3.63) is 27.2 Å². The van der Waals surface area contributed by atoms with Gasteiger partial charge in [-0.25, -0.2) is 8.42 Å². The van der Waals surface area contributed by atoms with Crippen LogP contribution in [0.2, 0.25) is 15.1 Å². The third-order valence-corrected chi connectivity index (χ3v) is 6.16. The van der Waals surface area contributed by atoms with Gasteiger partial charge >= 0.3 is 0 Å².